The van der Waals surface area contributed by atoms with Gasteiger partial charge in [0.05, 0.1) is 0 Å². The van der Waals surface area contributed by atoms with Crippen LogP contribution in [0.2, 0.25) is 0 Å². The Bertz CT molecular complexity index is 357. The Labute approximate surface area is 104 Å². The molecule has 0 saturated heterocycles. The van der Waals surface area contributed by atoms with Gasteiger partial charge in [0.2, 0.25) is 0 Å². The maximum Gasteiger partial charge on any atom is 0.321 e. The number of nitrogens with zero attached hydrogens (tertiary/aromatic N) is 1. The van der Waals surface area contributed by atoms with Crippen molar-refractivity contribution < 1.29 is 4.79 Å². The molecular weight excluding hydrogens is 212 g/mol. The highest BCUT2D eigenvalue weighted by Crippen LogP contribution is 2.10. The fraction of sp³-hybridized carbons (Fsp3) is 0.500. The van der Waals surface area contributed by atoms with Gasteiger partial charge in [0.15, 0.2) is 0 Å². The Morgan fingerprint density at radius 3 is 2.41 bits per heavy atom. The van der Waals surface area contributed by atoms with Gasteiger partial charge in [-0.15, -0.1) is 0 Å². The van der Waals surface area contributed by atoms with E-state index in [0.29, 0.717) is 0 Å². The third-order valence-corrected chi connectivity index (χ3v) is 2.54. The zero-order valence-corrected chi connectivity index (χ0v) is 11.0. The number of hydrogen-bond acceptors (Lipinski definition) is 1. The molecule has 0 unspecified atom stereocenters. The van der Waals surface area contributed by atoms with Crippen LogP contribution in [-0.2, 0) is 0 Å². The lowest BCUT2D eigenvalue weighted by molar-refractivity contribution is 0.211. The molecule has 0 aromatic heterocycles. The van der Waals surface area contributed by atoms with Crippen molar-refractivity contribution in [3.05, 3.63) is 29.8 Å². The van der Waals surface area contributed by atoms with Crippen molar-refractivity contribution in [1.29, 1.82) is 0 Å². The minimum atomic E-state index is -0.000648. The fourth-order valence-electron chi connectivity index (χ4n) is 1.78. The highest BCUT2D eigenvalue weighted by Gasteiger charge is 2.11. The van der Waals surface area contributed by atoms with E-state index in [1.54, 1.807) is 0 Å². The zero-order valence-electron chi connectivity index (χ0n) is 11.0. The van der Waals surface area contributed by atoms with Crippen molar-refractivity contribution in [3.63, 3.8) is 0 Å². The number of amides is 2. The summed E-state index contributed by atoms with van der Waals surface area (Å²) >= 11 is 0. The van der Waals surface area contributed by atoms with Crippen LogP contribution in [0.1, 0.15) is 32.3 Å². The molecule has 1 aromatic rings. The standard InChI is InChI=1S/C14H22N2O/c1-4-9-16(10-5-2)14(17)15-13-8-6-7-12(3)11-13/h6-8,11H,4-5,9-10H2,1-3H3,(H,15,17). The van der Waals surface area contributed by atoms with Crippen LogP contribution in [0.3, 0.4) is 0 Å². The highest BCUT2D eigenvalue weighted by molar-refractivity contribution is 5.89. The highest BCUT2D eigenvalue weighted by atomic mass is 16.2. The van der Waals surface area contributed by atoms with Crippen LogP contribution in [-0.4, -0.2) is 24.0 Å². The molecule has 1 rings (SSSR count). The lowest BCUT2D eigenvalue weighted by Crippen LogP contribution is -2.36. The SMILES string of the molecule is CCCN(CCC)C(=O)Nc1cccc(C)c1. The average Bonchev–Trinajstić information content (AvgIpc) is 2.28. The Hall–Kier alpha value is -1.51. The van der Waals surface area contributed by atoms with E-state index in [4.69, 9.17) is 0 Å². The van der Waals surface area contributed by atoms with Crippen LogP contribution >= 0.6 is 0 Å². The Morgan fingerprint density at radius 1 is 1.24 bits per heavy atom. The van der Waals surface area contributed by atoms with Crippen LogP contribution in [0.25, 0.3) is 0 Å². The number of carbonyl (C=O) groups excluding carboxylic acids is 1. The molecule has 0 aliphatic carbocycles. The van der Waals surface area contributed by atoms with Crippen LogP contribution in [0.4, 0.5) is 10.5 Å². The molecule has 3 nitrogen and oxygen atoms in total. The van der Waals surface area contributed by atoms with E-state index in [9.17, 15) is 4.79 Å². The summed E-state index contributed by atoms with van der Waals surface area (Å²) in [5.74, 6) is 0. The second-order valence-corrected chi connectivity index (χ2v) is 4.29. The molecule has 94 valence electrons. The second-order valence-electron chi connectivity index (χ2n) is 4.29. The van der Waals surface area contributed by atoms with Crippen molar-refractivity contribution >= 4 is 11.7 Å². The molecular formula is C14H22N2O. The second kappa shape index (κ2) is 6.94. The van der Waals surface area contributed by atoms with Crippen molar-refractivity contribution in [2.45, 2.75) is 33.6 Å². The topological polar surface area (TPSA) is 32.3 Å². The number of nitrogens with one attached hydrogen (secondary N) is 1. The third kappa shape index (κ3) is 4.47. The Balaban J connectivity index is 2.62. The number of benzene rings is 1. The zero-order chi connectivity index (χ0) is 12.7. The summed E-state index contributed by atoms with van der Waals surface area (Å²) in [5.41, 5.74) is 2.02. The van der Waals surface area contributed by atoms with Gasteiger partial charge in [-0.1, -0.05) is 26.0 Å². The molecule has 0 radical (unpaired) electrons. The van der Waals surface area contributed by atoms with E-state index < -0.39 is 0 Å². The summed E-state index contributed by atoms with van der Waals surface area (Å²) in [4.78, 5) is 13.9. The van der Waals surface area contributed by atoms with Gasteiger partial charge in [-0.05, 0) is 37.5 Å². The summed E-state index contributed by atoms with van der Waals surface area (Å²) in [5, 5.41) is 2.94. The molecule has 0 aliphatic heterocycles. The maximum absolute atomic E-state index is 12.0. The fourth-order valence-corrected chi connectivity index (χ4v) is 1.78. The molecule has 1 aromatic carbocycles. The van der Waals surface area contributed by atoms with Gasteiger partial charge >= 0.3 is 6.03 Å². The monoisotopic (exact) mass is 234 g/mol. The molecule has 1 N–H and O–H groups in total. The van der Waals surface area contributed by atoms with Gasteiger partial charge in [0.25, 0.3) is 0 Å². The summed E-state index contributed by atoms with van der Waals surface area (Å²) in [6.45, 7) is 7.81. The minimum absolute atomic E-state index is 0.000648. The van der Waals surface area contributed by atoms with E-state index in [0.717, 1.165) is 37.2 Å². The van der Waals surface area contributed by atoms with Crippen molar-refractivity contribution in [3.8, 4) is 0 Å². The predicted molar refractivity (Wildman–Crippen MR) is 72.4 cm³/mol. The predicted octanol–water partition coefficient (Wildman–Crippen LogP) is 3.65. The molecule has 2 amide bonds. The molecule has 0 atom stereocenters. The summed E-state index contributed by atoms with van der Waals surface area (Å²) < 4.78 is 0. The van der Waals surface area contributed by atoms with Gasteiger partial charge in [-0.2, -0.15) is 0 Å². The van der Waals surface area contributed by atoms with Crippen molar-refractivity contribution in [1.82, 2.24) is 4.90 Å². The lowest BCUT2D eigenvalue weighted by Gasteiger charge is -2.21. The van der Waals surface area contributed by atoms with Crippen LogP contribution in [0.5, 0.6) is 0 Å². The quantitative estimate of drug-likeness (QED) is 0.828. The molecule has 0 fully saturated rings. The lowest BCUT2D eigenvalue weighted by atomic mass is 10.2. The third-order valence-electron chi connectivity index (χ3n) is 2.54. The summed E-state index contributed by atoms with van der Waals surface area (Å²) in [6, 6.07) is 7.87. The van der Waals surface area contributed by atoms with Crippen LogP contribution < -0.4 is 5.32 Å². The van der Waals surface area contributed by atoms with E-state index in [2.05, 4.69) is 19.2 Å². The molecule has 0 bridgehead atoms. The van der Waals surface area contributed by atoms with E-state index >= 15 is 0 Å². The van der Waals surface area contributed by atoms with Gasteiger partial charge < -0.3 is 10.2 Å². The summed E-state index contributed by atoms with van der Waals surface area (Å²) in [7, 11) is 0. The normalized spacial score (nSPS) is 10.1. The number of rotatable bonds is 5. The maximum atomic E-state index is 12.0. The van der Waals surface area contributed by atoms with Crippen molar-refractivity contribution in [2.24, 2.45) is 0 Å². The van der Waals surface area contributed by atoms with Crippen LogP contribution in [0.15, 0.2) is 24.3 Å². The molecule has 17 heavy (non-hydrogen) atoms. The molecule has 3 heteroatoms. The number of aryl methyl sites for hydroxylation is 1. The van der Waals surface area contributed by atoms with Gasteiger partial charge in [0, 0.05) is 18.8 Å². The average molecular weight is 234 g/mol. The van der Waals surface area contributed by atoms with Gasteiger partial charge in [0.1, 0.15) is 0 Å². The molecule has 0 spiro atoms. The number of hydrogen-bond donors (Lipinski definition) is 1. The van der Waals surface area contributed by atoms with E-state index in [-0.39, 0.29) is 6.03 Å². The molecule has 0 aliphatic rings. The molecule has 0 heterocycles. The van der Waals surface area contributed by atoms with E-state index in [1.807, 2.05) is 36.1 Å². The number of urea groups is 1. The van der Waals surface area contributed by atoms with Crippen LogP contribution in [0, 0.1) is 6.92 Å². The largest absolute Gasteiger partial charge is 0.325 e. The van der Waals surface area contributed by atoms with E-state index in [1.165, 1.54) is 0 Å². The van der Waals surface area contributed by atoms with Gasteiger partial charge in [-0.3, -0.25) is 0 Å². The first-order chi connectivity index (χ1) is 8.17. The minimum Gasteiger partial charge on any atom is -0.325 e. The Kier molecular flexibility index (Phi) is 5.53. The summed E-state index contributed by atoms with van der Waals surface area (Å²) in [6.07, 6.45) is 1.97. The first kappa shape index (κ1) is 13.6. The number of carbonyl (C=O) groups is 1. The smallest absolute Gasteiger partial charge is 0.321 e. The number of anilines is 1. The first-order valence-electron chi connectivity index (χ1n) is 6.30. The Morgan fingerprint density at radius 2 is 1.88 bits per heavy atom. The van der Waals surface area contributed by atoms with Gasteiger partial charge in [-0.25, -0.2) is 4.79 Å². The molecule has 0 saturated carbocycles. The van der Waals surface area contributed by atoms with Crippen molar-refractivity contribution in [2.75, 3.05) is 18.4 Å². The first-order valence-corrected chi connectivity index (χ1v) is 6.30.